The van der Waals surface area contributed by atoms with E-state index < -0.39 is 17.6 Å². The first-order valence-corrected chi connectivity index (χ1v) is 11.2. The number of ketones is 1. The molecule has 6 heteroatoms. The zero-order chi connectivity index (χ0) is 22.6. The van der Waals surface area contributed by atoms with Crippen LogP contribution in [0.3, 0.4) is 0 Å². The largest absolute Gasteiger partial charge is 0.386 e. The van der Waals surface area contributed by atoms with E-state index in [2.05, 4.69) is 19.2 Å². The van der Waals surface area contributed by atoms with Gasteiger partial charge < -0.3 is 20.3 Å². The maximum atomic E-state index is 13.1. The average molecular weight is 428 g/mol. The summed E-state index contributed by atoms with van der Waals surface area (Å²) in [6.07, 6.45) is 3.56. The van der Waals surface area contributed by atoms with Gasteiger partial charge in [0.15, 0.2) is 11.4 Å². The number of aliphatic hydroxyl groups is 2. The number of allylic oxidation sites excluding steroid dienone is 1. The van der Waals surface area contributed by atoms with Gasteiger partial charge in [0.2, 0.25) is 0 Å². The fourth-order valence-electron chi connectivity index (χ4n) is 5.81. The third-order valence-corrected chi connectivity index (χ3v) is 7.82. The molecule has 3 aliphatic rings. The summed E-state index contributed by atoms with van der Waals surface area (Å²) in [6.45, 7) is 7.37. The summed E-state index contributed by atoms with van der Waals surface area (Å²) in [5, 5.41) is 24.4. The second kappa shape index (κ2) is 7.84. The summed E-state index contributed by atoms with van der Waals surface area (Å²) >= 11 is 0. The zero-order valence-corrected chi connectivity index (χ0v) is 18.6. The first-order chi connectivity index (χ1) is 14.6. The third-order valence-electron chi connectivity index (χ3n) is 7.82. The number of amides is 1. The summed E-state index contributed by atoms with van der Waals surface area (Å²) in [5.74, 6) is -1.64. The van der Waals surface area contributed by atoms with Crippen LogP contribution in [-0.2, 0) is 20.7 Å². The molecular weight excluding hydrogens is 394 g/mol. The van der Waals surface area contributed by atoms with Crippen molar-refractivity contribution in [2.75, 3.05) is 0 Å². The fraction of sp³-hybridized carbons (Fsp3) is 0.600. The number of hydrogen-bond donors (Lipinski definition) is 3. The van der Waals surface area contributed by atoms with E-state index >= 15 is 0 Å². The van der Waals surface area contributed by atoms with Crippen LogP contribution in [0.5, 0.6) is 0 Å². The van der Waals surface area contributed by atoms with Gasteiger partial charge in [-0.1, -0.05) is 56.3 Å². The summed E-state index contributed by atoms with van der Waals surface area (Å²) in [7, 11) is 0. The van der Waals surface area contributed by atoms with E-state index in [4.69, 9.17) is 4.74 Å². The van der Waals surface area contributed by atoms with Crippen molar-refractivity contribution < 1.29 is 24.5 Å². The molecular formula is C25H33NO5. The van der Waals surface area contributed by atoms with Crippen LogP contribution in [0.15, 0.2) is 42.5 Å². The number of nitrogens with one attached hydrogen (secondary N) is 1. The summed E-state index contributed by atoms with van der Waals surface area (Å²) in [5.41, 5.74) is -0.812. The second-order valence-corrected chi connectivity index (χ2v) is 9.80. The van der Waals surface area contributed by atoms with E-state index in [1.165, 1.54) is 6.92 Å². The Kier molecular flexibility index (Phi) is 5.61. The lowest BCUT2D eigenvalue weighted by molar-refractivity contribution is -0.148. The molecule has 9 unspecified atom stereocenters. The van der Waals surface area contributed by atoms with Crippen molar-refractivity contribution in [2.24, 2.45) is 23.7 Å². The molecule has 6 nitrogen and oxygen atoms in total. The van der Waals surface area contributed by atoms with Crippen molar-refractivity contribution in [1.29, 1.82) is 0 Å². The summed E-state index contributed by atoms with van der Waals surface area (Å²) in [6, 6.07) is 9.81. The Bertz CT molecular complexity index is 883. The van der Waals surface area contributed by atoms with Crippen LogP contribution in [0.1, 0.15) is 39.7 Å². The minimum Gasteiger partial charge on any atom is -0.386 e. The first kappa shape index (κ1) is 22.2. The number of benzene rings is 1. The molecule has 1 aliphatic carbocycles. The molecule has 2 heterocycles. The van der Waals surface area contributed by atoms with Crippen LogP contribution in [0.25, 0.3) is 0 Å². The molecule has 2 saturated heterocycles. The number of Topliss-reactive ketones (excluding diaryl/α,β-unsaturated/α-hetero) is 1. The smallest absolute Gasteiger partial charge is 0.253 e. The molecule has 1 amide bonds. The Morgan fingerprint density at radius 2 is 1.97 bits per heavy atom. The number of ether oxygens (including phenoxy) is 1. The van der Waals surface area contributed by atoms with Crippen LogP contribution < -0.4 is 5.32 Å². The van der Waals surface area contributed by atoms with E-state index in [-0.39, 0.29) is 47.2 Å². The van der Waals surface area contributed by atoms with Gasteiger partial charge in [0.05, 0.1) is 11.7 Å². The van der Waals surface area contributed by atoms with E-state index in [1.807, 2.05) is 42.5 Å². The molecule has 1 aromatic rings. The van der Waals surface area contributed by atoms with Gasteiger partial charge >= 0.3 is 0 Å². The number of rotatable bonds is 7. The average Bonchev–Trinajstić information content (AvgIpc) is 3.36. The van der Waals surface area contributed by atoms with E-state index in [9.17, 15) is 19.8 Å². The Morgan fingerprint density at radius 1 is 1.29 bits per heavy atom. The van der Waals surface area contributed by atoms with Crippen molar-refractivity contribution >= 4 is 11.7 Å². The van der Waals surface area contributed by atoms with Gasteiger partial charge in [-0.15, -0.1) is 0 Å². The Balaban J connectivity index is 1.59. The number of hydrogen-bond acceptors (Lipinski definition) is 5. The van der Waals surface area contributed by atoms with Crippen LogP contribution in [0.4, 0.5) is 0 Å². The molecule has 1 saturated carbocycles. The molecule has 3 N–H and O–H groups in total. The van der Waals surface area contributed by atoms with E-state index in [0.29, 0.717) is 12.8 Å². The van der Waals surface area contributed by atoms with Gasteiger partial charge in [0.1, 0.15) is 6.10 Å². The highest BCUT2D eigenvalue weighted by atomic mass is 16.6. The molecule has 168 valence electrons. The first-order valence-electron chi connectivity index (χ1n) is 11.2. The van der Waals surface area contributed by atoms with Gasteiger partial charge in [-0.25, -0.2) is 0 Å². The lowest BCUT2D eigenvalue weighted by Crippen LogP contribution is -2.59. The summed E-state index contributed by atoms with van der Waals surface area (Å²) in [4.78, 5) is 25.1. The Morgan fingerprint density at radius 3 is 2.61 bits per heavy atom. The van der Waals surface area contributed by atoms with Gasteiger partial charge in [-0.2, -0.15) is 0 Å². The topological polar surface area (TPSA) is 99.2 Å². The quantitative estimate of drug-likeness (QED) is 0.457. The maximum Gasteiger partial charge on any atom is 0.253 e. The Labute approximate surface area is 183 Å². The molecule has 0 aromatic heterocycles. The highest BCUT2D eigenvalue weighted by molar-refractivity contribution is 5.90. The predicted molar refractivity (Wildman–Crippen MR) is 116 cm³/mol. The minimum absolute atomic E-state index is 0.00977. The van der Waals surface area contributed by atoms with E-state index in [1.54, 1.807) is 6.92 Å². The zero-order valence-electron chi connectivity index (χ0n) is 18.6. The van der Waals surface area contributed by atoms with Crippen LogP contribution in [0.2, 0.25) is 0 Å². The van der Waals surface area contributed by atoms with Crippen molar-refractivity contribution in [3.05, 3.63) is 48.0 Å². The monoisotopic (exact) mass is 427 g/mol. The molecule has 1 aromatic carbocycles. The van der Waals surface area contributed by atoms with Gasteiger partial charge in [0.25, 0.3) is 5.91 Å². The van der Waals surface area contributed by atoms with E-state index in [0.717, 1.165) is 5.56 Å². The van der Waals surface area contributed by atoms with Crippen LogP contribution in [0, 0.1) is 23.7 Å². The molecule has 4 rings (SSSR count). The minimum atomic E-state index is -1.55. The van der Waals surface area contributed by atoms with Crippen molar-refractivity contribution in [3.8, 4) is 0 Å². The lowest BCUT2D eigenvalue weighted by atomic mass is 9.59. The number of epoxide rings is 1. The maximum absolute atomic E-state index is 13.1. The van der Waals surface area contributed by atoms with Crippen LogP contribution >= 0.6 is 0 Å². The van der Waals surface area contributed by atoms with Crippen molar-refractivity contribution in [1.82, 2.24) is 5.32 Å². The number of carbonyl (C=O) groups excluding carboxylic acids is 2. The third kappa shape index (κ3) is 3.55. The Hall–Kier alpha value is -2.02. The second-order valence-electron chi connectivity index (χ2n) is 9.80. The normalized spacial score (nSPS) is 40.7. The van der Waals surface area contributed by atoms with Gasteiger partial charge in [0, 0.05) is 23.8 Å². The standard InChI is InChI=1S/C25H33NO5/c1-14(21(28)16(3)27)9-8-12-18-22-24(4,31-22)15(2)20-19(26-23(29)25(18,20)30)13-17-10-6-5-7-11-17/h5-8,10-12,14-16,18-20,22,27,30H,9,13H2,1-4H3,(H,26,29). The molecule has 0 radical (unpaired) electrons. The van der Waals surface area contributed by atoms with Crippen LogP contribution in [-0.4, -0.2) is 51.4 Å². The highest BCUT2D eigenvalue weighted by Gasteiger charge is 2.76. The predicted octanol–water partition coefficient (Wildman–Crippen LogP) is 2.03. The summed E-state index contributed by atoms with van der Waals surface area (Å²) < 4.78 is 6.08. The molecule has 2 aliphatic heterocycles. The number of fused-ring (bicyclic) bond motifs is 2. The fourth-order valence-corrected chi connectivity index (χ4v) is 5.81. The number of carbonyl (C=O) groups is 2. The van der Waals surface area contributed by atoms with Gasteiger partial charge in [-0.05, 0) is 38.2 Å². The highest BCUT2D eigenvalue weighted by Crippen LogP contribution is 2.62. The SMILES string of the molecule is CC(O)C(=O)C(C)CC=CC1C2OC2(C)C(C)C2C(Cc3ccccc3)NC(=O)C12O. The van der Waals surface area contributed by atoms with Crippen molar-refractivity contribution in [2.45, 2.75) is 70.0 Å². The molecule has 31 heavy (non-hydrogen) atoms. The van der Waals surface area contributed by atoms with Gasteiger partial charge in [-0.3, -0.25) is 9.59 Å². The number of aliphatic hydroxyl groups excluding tert-OH is 1. The molecule has 9 atom stereocenters. The van der Waals surface area contributed by atoms with Crippen molar-refractivity contribution in [3.63, 3.8) is 0 Å². The lowest BCUT2D eigenvalue weighted by Gasteiger charge is -2.43. The molecule has 0 spiro atoms. The molecule has 3 fully saturated rings. The molecule has 0 bridgehead atoms.